The van der Waals surface area contributed by atoms with Gasteiger partial charge in [-0.15, -0.1) is 0 Å². The van der Waals surface area contributed by atoms with E-state index >= 15 is 0 Å². The van der Waals surface area contributed by atoms with Crippen LogP contribution in [0.1, 0.15) is 38.3 Å². The number of rotatable bonds is 7. The molecule has 0 saturated carbocycles. The molecule has 0 radical (unpaired) electrons. The molecule has 1 rings (SSSR count). The molecule has 2 unspecified atom stereocenters. The van der Waals surface area contributed by atoms with E-state index in [4.69, 9.17) is 16.3 Å². The SMILES string of the molecule is CCCC(OCC)C(NC)c1ccc(Br)c(Cl)c1F. The Balaban J connectivity index is 3.10. The maximum Gasteiger partial charge on any atom is 0.147 e. The van der Waals surface area contributed by atoms with E-state index in [-0.39, 0.29) is 17.2 Å². The van der Waals surface area contributed by atoms with Gasteiger partial charge < -0.3 is 10.1 Å². The van der Waals surface area contributed by atoms with Crippen LogP contribution in [0.2, 0.25) is 5.02 Å². The van der Waals surface area contributed by atoms with Crippen LogP contribution < -0.4 is 5.32 Å². The summed E-state index contributed by atoms with van der Waals surface area (Å²) in [4.78, 5) is 0. The first-order chi connectivity index (χ1) is 9.06. The van der Waals surface area contributed by atoms with E-state index in [0.29, 0.717) is 16.6 Å². The van der Waals surface area contributed by atoms with Crippen LogP contribution in [-0.4, -0.2) is 19.8 Å². The normalized spacial score (nSPS) is 14.4. The Kier molecular flexibility index (Phi) is 7.29. The van der Waals surface area contributed by atoms with Crippen LogP contribution in [0.4, 0.5) is 4.39 Å². The minimum Gasteiger partial charge on any atom is -0.377 e. The first-order valence-electron chi connectivity index (χ1n) is 6.49. The molecule has 0 saturated heterocycles. The van der Waals surface area contributed by atoms with Gasteiger partial charge in [0.25, 0.3) is 0 Å². The maximum absolute atomic E-state index is 14.3. The molecule has 0 aliphatic heterocycles. The molecule has 0 aromatic heterocycles. The molecule has 108 valence electrons. The van der Waals surface area contributed by atoms with Crippen LogP contribution in [0.15, 0.2) is 16.6 Å². The van der Waals surface area contributed by atoms with Gasteiger partial charge in [-0.2, -0.15) is 0 Å². The zero-order valence-corrected chi connectivity index (χ0v) is 13.8. The maximum atomic E-state index is 14.3. The van der Waals surface area contributed by atoms with Gasteiger partial charge in [0.05, 0.1) is 17.2 Å². The molecule has 2 nitrogen and oxygen atoms in total. The molecule has 0 aliphatic rings. The predicted molar refractivity (Wildman–Crippen MR) is 81.2 cm³/mol. The fraction of sp³-hybridized carbons (Fsp3) is 0.571. The second-order valence-corrected chi connectivity index (χ2v) is 5.55. The van der Waals surface area contributed by atoms with Gasteiger partial charge in [-0.3, -0.25) is 0 Å². The summed E-state index contributed by atoms with van der Waals surface area (Å²) in [5.74, 6) is -0.392. The highest BCUT2D eigenvalue weighted by Crippen LogP contribution is 2.32. The predicted octanol–water partition coefficient (Wildman–Crippen LogP) is 4.71. The number of hydrogen-bond acceptors (Lipinski definition) is 2. The topological polar surface area (TPSA) is 21.3 Å². The summed E-state index contributed by atoms with van der Waals surface area (Å²) in [7, 11) is 1.81. The van der Waals surface area contributed by atoms with Crippen molar-refractivity contribution in [3.63, 3.8) is 0 Å². The molecule has 0 heterocycles. The van der Waals surface area contributed by atoms with E-state index in [1.54, 1.807) is 12.1 Å². The van der Waals surface area contributed by atoms with Gasteiger partial charge in [0.15, 0.2) is 0 Å². The van der Waals surface area contributed by atoms with Gasteiger partial charge in [0, 0.05) is 16.6 Å². The van der Waals surface area contributed by atoms with E-state index in [2.05, 4.69) is 28.2 Å². The van der Waals surface area contributed by atoms with Gasteiger partial charge in [-0.25, -0.2) is 4.39 Å². The van der Waals surface area contributed by atoms with E-state index < -0.39 is 5.82 Å². The third-order valence-corrected chi connectivity index (χ3v) is 4.30. The molecule has 0 bridgehead atoms. The summed E-state index contributed by atoms with van der Waals surface area (Å²) in [6, 6.07) is 3.30. The molecule has 2 atom stereocenters. The zero-order chi connectivity index (χ0) is 14.4. The lowest BCUT2D eigenvalue weighted by molar-refractivity contribution is 0.0287. The zero-order valence-electron chi connectivity index (χ0n) is 11.5. The van der Waals surface area contributed by atoms with Gasteiger partial charge in [-0.05, 0) is 42.4 Å². The highest BCUT2D eigenvalue weighted by Gasteiger charge is 2.25. The van der Waals surface area contributed by atoms with E-state index in [9.17, 15) is 4.39 Å². The number of ether oxygens (including phenoxy) is 1. The summed E-state index contributed by atoms with van der Waals surface area (Å²) < 4.78 is 20.6. The second-order valence-electron chi connectivity index (χ2n) is 4.31. The quantitative estimate of drug-likeness (QED) is 0.718. The fourth-order valence-corrected chi connectivity index (χ4v) is 2.65. The summed E-state index contributed by atoms with van der Waals surface area (Å²) >= 11 is 9.18. The van der Waals surface area contributed by atoms with E-state index in [1.807, 2.05) is 14.0 Å². The molecule has 0 amide bonds. The molecule has 1 aromatic rings. The standard InChI is InChI=1S/C14H20BrClFNO/c1-4-6-11(19-5-2)14(18-3)9-7-8-10(15)12(16)13(9)17/h7-8,11,14,18H,4-6H2,1-3H3. The Morgan fingerprint density at radius 1 is 1.42 bits per heavy atom. The Labute approximate surface area is 127 Å². The van der Waals surface area contributed by atoms with Crippen LogP contribution in [0, 0.1) is 5.82 Å². The van der Waals surface area contributed by atoms with Crippen molar-refractivity contribution in [3.8, 4) is 0 Å². The van der Waals surface area contributed by atoms with Crippen LogP contribution in [0.25, 0.3) is 0 Å². The summed E-state index contributed by atoms with van der Waals surface area (Å²) in [6.45, 7) is 4.64. The number of likely N-dealkylation sites (N-methyl/N-ethyl adjacent to an activating group) is 1. The average molecular weight is 353 g/mol. The Bertz CT molecular complexity index is 411. The summed E-state index contributed by atoms with van der Waals surface area (Å²) in [5.41, 5.74) is 0.544. The van der Waals surface area contributed by atoms with Crippen LogP contribution >= 0.6 is 27.5 Å². The molecule has 1 N–H and O–H groups in total. The lowest BCUT2D eigenvalue weighted by atomic mass is 9.97. The minimum atomic E-state index is -0.392. The number of hydrogen-bond donors (Lipinski definition) is 1. The second kappa shape index (κ2) is 8.20. The third kappa shape index (κ3) is 4.15. The van der Waals surface area contributed by atoms with Crippen LogP contribution in [0.5, 0.6) is 0 Å². The molecule has 1 aromatic carbocycles. The number of halogens is 3. The molecule has 0 aliphatic carbocycles. The highest BCUT2D eigenvalue weighted by molar-refractivity contribution is 9.10. The Hall–Kier alpha value is -0.160. The monoisotopic (exact) mass is 351 g/mol. The van der Waals surface area contributed by atoms with Crippen molar-refractivity contribution in [1.29, 1.82) is 0 Å². The highest BCUT2D eigenvalue weighted by atomic mass is 79.9. The molecule has 0 spiro atoms. The third-order valence-electron chi connectivity index (χ3n) is 3.04. The van der Waals surface area contributed by atoms with Crippen molar-refractivity contribution in [2.45, 2.75) is 38.8 Å². The Morgan fingerprint density at radius 2 is 2.11 bits per heavy atom. The van der Waals surface area contributed by atoms with Crippen molar-refractivity contribution >= 4 is 27.5 Å². The Morgan fingerprint density at radius 3 is 2.63 bits per heavy atom. The van der Waals surface area contributed by atoms with Crippen LogP contribution in [0.3, 0.4) is 0 Å². The molecule has 0 fully saturated rings. The van der Waals surface area contributed by atoms with Crippen molar-refractivity contribution in [2.24, 2.45) is 0 Å². The lowest BCUT2D eigenvalue weighted by Crippen LogP contribution is -2.32. The van der Waals surface area contributed by atoms with Crippen molar-refractivity contribution in [2.75, 3.05) is 13.7 Å². The molecular formula is C14H20BrClFNO. The average Bonchev–Trinajstić information content (AvgIpc) is 2.40. The van der Waals surface area contributed by atoms with Crippen molar-refractivity contribution < 1.29 is 9.13 Å². The van der Waals surface area contributed by atoms with Crippen molar-refractivity contribution in [3.05, 3.63) is 33.0 Å². The van der Waals surface area contributed by atoms with E-state index in [1.165, 1.54) is 0 Å². The van der Waals surface area contributed by atoms with E-state index in [0.717, 1.165) is 12.8 Å². The number of nitrogens with one attached hydrogen (secondary N) is 1. The molecular weight excluding hydrogens is 333 g/mol. The smallest absolute Gasteiger partial charge is 0.147 e. The largest absolute Gasteiger partial charge is 0.377 e. The van der Waals surface area contributed by atoms with Crippen molar-refractivity contribution in [1.82, 2.24) is 5.32 Å². The summed E-state index contributed by atoms with van der Waals surface area (Å²) in [5, 5.41) is 3.25. The summed E-state index contributed by atoms with van der Waals surface area (Å²) in [6.07, 6.45) is 1.79. The first kappa shape index (κ1) is 16.9. The molecule has 5 heteroatoms. The van der Waals surface area contributed by atoms with Gasteiger partial charge in [-0.1, -0.05) is 31.0 Å². The van der Waals surface area contributed by atoms with Gasteiger partial charge >= 0.3 is 0 Å². The minimum absolute atomic E-state index is 0.0632. The van der Waals surface area contributed by atoms with Gasteiger partial charge in [0.2, 0.25) is 0 Å². The fourth-order valence-electron chi connectivity index (χ4n) is 2.17. The van der Waals surface area contributed by atoms with Gasteiger partial charge in [0.1, 0.15) is 5.82 Å². The molecule has 19 heavy (non-hydrogen) atoms. The lowest BCUT2D eigenvalue weighted by Gasteiger charge is -2.27. The van der Waals surface area contributed by atoms with Crippen LogP contribution in [-0.2, 0) is 4.74 Å². The number of benzene rings is 1. The first-order valence-corrected chi connectivity index (χ1v) is 7.66.